The Morgan fingerprint density at radius 1 is 0.925 bits per heavy atom. The Balaban J connectivity index is 1.44. The second-order valence-corrected chi connectivity index (χ2v) is 11.6. The molecule has 0 aliphatic rings. The second-order valence-electron chi connectivity index (χ2n) is 9.29. The van der Waals surface area contributed by atoms with Crippen LogP contribution in [0.15, 0.2) is 101 Å². The van der Waals surface area contributed by atoms with Crippen LogP contribution < -0.4 is 14.5 Å². The number of aryl methyl sites for hydroxylation is 2. The van der Waals surface area contributed by atoms with Gasteiger partial charge in [-0.1, -0.05) is 59.6 Å². The SMILES string of the molecule is Cc1ccc(S(=O)(=O)N(CC(=O)N/N=C\c2ccc(OCc3ccccc3Cl)cc2)c2cccc(C)c2C)cc1. The highest BCUT2D eigenvalue weighted by Crippen LogP contribution is 2.28. The van der Waals surface area contributed by atoms with Gasteiger partial charge in [0.25, 0.3) is 15.9 Å². The Kier molecular flexibility index (Phi) is 9.24. The molecule has 9 heteroatoms. The fraction of sp³-hybridized carbons (Fsp3) is 0.161. The third-order valence-corrected chi connectivity index (χ3v) is 8.52. The van der Waals surface area contributed by atoms with Gasteiger partial charge in [0.05, 0.1) is 16.8 Å². The Bertz CT molecular complexity index is 1620. The van der Waals surface area contributed by atoms with Crippen molar-refractivity contribution in [2.75, 3.05) is 10.8 Å². The number of hydrogen-bond donors (Lipinski definition) is 1. The van der Waals surface area contributed by atoms with E-state index < -0.39 is 22.5 Å². The summed E-state index contributed by atoms with van der Waals surface area (Å²) in [4.78, 5) is 13.0. The molecule has 0 radical (unpaired) electrons. The lowest BCUT2D eigenvalue weighted by molar-refractivity contribution is -0.119. The Morgan fingerprint density at radius 2 is 1.62 bits per heavy atom. The van der Waals surface area contributed by atoms with Gasteiger partial charge in [0.1, 0.15) is 18.9 Å². The van der Waals surface area contributed by atoms with Crippen molar-refractivity contribution in [2.24, 2.45) is 5.10 Å². The van der Waals surface area contributed by atoms with Crippen molar-refractivity contribution in [3.63, 3.8) is 0 Å². The average molecular weight is 576 g/mol. The van der Waals surface area contributed by atoms with Gasteiger partial charge < -0.3 is 4.74 Å². The second kappa shape index (κ2) is 12.8. The molecule has 1 amide bonds. The highest BCUT2D eigenvalue weighted by molar-refractivity contribution is 7.92. The quantitative estimate of drug-likeness (QED) is 0.180. The molecule has 0 aromatic heterocycles. The zero-order valence-electron chi connectivity index (χ0n) is 22.5. The zero-order chi connectivity index (χ0) is 28.7. The van der Waals surface area contributed by atoms with E-state index in [0.29, 0.717) is 23.1 Å². The van der Waals surface area contributed by atoms with E-state index in [2.05, 4.69) is 10.5 Å². The lowest BCUT2D eigenvalue weighted by Gasteiger charge is -2.26. The molecule has 1 N–H and O–H groups in total. The average Bonchev–Trinajstić information content (AvgIpc) is 2.94. The molecule has 0 heterocycles. The number of sulfonamides is 1. The van der Waals surface area contributed by atoms with Gasteiger partial charge in [-0.25, -0.2) is 13.8 Å². The summed E-state index contributed by atoms with van der Waals surface area (Å²) < 4.78 is 34.2. The molecule has 4 aromatic rings. The summed E-state index contributed by atoms with van der Waals surface area (Å²) in [6.45, 7) is 5.51. The molecule has 206 valence electrons. The van der Waals surface area contributed by atoms with E-state index in [-0.39, 0.29) is 4.90 Å². The van der Waals surface area contributed by atoms with Crippen molar-refractivity contribution in [3.8, 4) is 5.75 Å². The summed E-state index contributed by atoms with van der Waals surface area (Å²) in [6, 6.07) is 26.5. The largest absolute Gasteiger partial charge is 0.489 e. The lowest BCUT2D eigenvalue weighted by Crippen LogP contribution is -2.40. The number of hydrogen-bond acceptors (Lipinski definition) is 5. The molecule has 0 unspecified atom stereocenters. The van der Waals surface area contributed by atoms with E-state index in [9.17, 15) is 13.2 Å². The van der Waals surface area contributed by atoms with Crippen LogP contribution in [-0.4, -0.2) is 27.1 Å². The lowest BCUT2D eigenvalue weighted by atomic mass is 10.1. The first-order valence-corrected chi connectivity index (χ1v) is 14.4. The van der Waals surface area contributed by atoms with Gasteiger partial charge in [-0.15, -0.1) is 0 Å². The maximum Gasteiger partial charge on any atom is 0.264 e. The van der Waals surface area contributed by atoms with Crippen LogP contribution in [0.25, 0.3) is 0 Å². The Labute approximate surface area is 240 Å². The van der Waals surface area contributed by atoms with Gasteiger partial charge in [0.2, 0.25) is 0 Å². The normalized spacial score (nSPS) is 11.4. The summed E-state index contributed by atoms with van der Waals surface area (Å²) in [7, 11) is -4.02. The number of ether oxygens (including phenoxy) is 1. The molecule has 40 heavy (non-hydrogen) atoms. The van der Waals surface area contributed by atoms with Crippen LogP contribution in [0.4, 0.5) is 5.69 Å². The number of nitrogens with one attached hydrogen (secondary N) is 1. The number of rotatable bonds is 10. The third kappa shape index (κ3) is 7.08. The number of benzene rings is 4. The molecule has 0 fully saturated rings. The summed E-state index contributed by atoms with van der Waals surface area (Å²) in [5.41, 5.74) is 7.11. The number of hydrazone groups is 1. The number of halogens is 1. The monoisotopic (exact) mass is 575 g/mol. The fourth-order valence-electron chi connectivity index (χ4n) is 3.91. The number of amides is 1. The highest BCUT2D eigenvalue weighted by atomic mass is 35.5. The molecule has 4 aromatic carbocycles. The number of carbonyl (C=O) groups is 1. The third-order valence-electron chi connectivity index (χ3n) is 6.38. The van der Waals surface area contributed by atoms with Gasteiger partial charge >= 0.3 is 0 Å². The van der Waals surface area contributed by atoms with Crippen LogP contribution in [0.2, 0.25) is 5.02 Å². The van der Waals surface area contributed by atoms with Crippen molar-refractivity contribution >= 4 is 39.4 Å². The van der Waals surface area contributed by atoms with Gasteiger partial charge in [0.15, 0.2) is 0 Å². The minimum Gasteiger partial charge on any atom is -0.489 e. The summed E-state index contributed by atoms with van der Waals surface area (Å²) >= 11 is 6.17. The van der Waals surface area contributed by atoms with E-state index in [1.807, 2.05) is 51.1 Å². The molecular formula is C31H30ClN3O4S. The predicted molar refractivity (Wildman–Crippen MR) is 160 cm³/mol. The maximum atomic E-state index is 13.6. The van der Waals surface area contributed by atoms with E-state index >= 15 is 0 Å². The van der Waals surface area contributed by atoms with Crippen molar-refractivity contribution < 1.29 is 17.9 Å². The summed E-state index contributed by atoms with van der Waals surface area (Å²) in [6.07, 6.45) is 1.48. The molecule has 0 aliphatic heterocycles. The Hall–Kier alpha value is -4.14. The predicted octanol–water partition coefficient (Wildman–Crippen LogP) is 6.19. The van der Waals surface area contributed by atoms with Gasteiger partial charge in [-0.3, -0.25) is 9.10 Å². The van der Waals surface area contributed by atoms with Crippen molar-refractivity contribution in [1.29, 1.82) is 0 Å². The van der Waals surface area contributed by atoms with Crippen molar-refractivity contribution in [2.45, 2.75) is 32.3 Å². The highest BCUT2D eigenvalue weighted by Gasteiger charge is 2.28. The van der Waals surface area contributed by atoms with E-state index in [0.717, 1.165) is 32.1 Å². The number of carbonyl (C=O) groups excluding carboxylic acids is 1. The van der Waals surface area contributed by atoms with Crippen molar-refractivity contribution in [3.05, 3.63) is 124 Å². The first-order chi connectivity index (χ1) is 19.1. The van der Waals surface area contributed by atoms with Gasteiger partial charge in [0, 0.05) is 10.6 Å². The minimum absolute atomic E-state index is 0.104. The van der Waals surface area contributed by atoms with Gasteiger partial charge in [-0.2, -0.15) is 5.10 Å². The van der Waals surface area contributed by atoms with Crippen LogP contribution in [0.1, 0.15) is 27.8 Å². The maximum absolute atomic E-state index is 13.6. The standard InChI is InChI=1S/C31H30ClN3O4S/c1-22-11-17-28(18-12-22)40(37,38)35(30-10-6-7-23(2)24(30)3)20-31(36)34-33-19-25-13-15-27(16-14-25)39-21-26-8-4-5-9-29(26)32/h4-19H,20-21H2,1-3H3,(H,34,36)/b33-19-. The summed E-state index contributed by atoms with van der Waals surface area (Å²) in [5.74, 6) is 0.0825. The van der Waals surface area contributed by atoms with E-state index in [4.69, 9.17) is 16.3 Å². The first-order valence-electron chi connectivity index (χ1n) is 12.6. The Morgan fingerprint density at radius 3 is 2.33 bits per heavy atom. The molecule has 0 bridgehead atoms. The number of anilines is 1. The smallest absolute Gasteiger partial charge is 0.264 e. The number of nitrogens with zero attached hydrogens (tertiary/aromatic N) is 2. The molecule has 0 saturated heterocycles. The molecule has 0 atom stereocenters. The minimum atomic E-state index is -4.02. The van der Waals surface area contributed by atoms with E-state index in [1.54, 1.807) is 60.7 Å². The molecule has 0 saturated carbocycles. The van der Waals surface area contributed by atoms with Crippen LogP contribution in [0, 0.1) is 20.8 Å². The zero-order valence-corrected chi connectivity index (χ0v) is 24.0. The molecule has 4 rings (SSSR count). The molecule has 0 spiro atoms. The van der Waals surface area contributed by atoms with Crippen LogP contribution >= 0.6 is 11.6 Å². The van der Waals surface area contributed by atoms with Crippen LogP contribution in [0.5, 0.6) is 5.75 Å². The molecule has 7 nitrogen and oxygen atoms in total. The van der Waals surface area contributed by atoms with Gasteiger partial charge in [-0.05, 0) is 86.0 Å². The van der Waals surface area contributed by atoms with E-state index in [1.165, 1.54) is 6.21 Å². The molecular weight excluding hydrogens is 546 g/mol. The first kappa shape index (κ1) is 28.9. The van der Waals surface area contributed by atoms with Crippen LogP contribution in [-0.2, 0) is 21.4 Å². The van der Waals surface area contributed by atoms with Crippen LogP contribution in [0.3, 0.4) is 0 Å². The summed E-state index contributed by atoms with van der Waals surface area (Å²) in [5, 5.41) is 4.67. The molecule has 0 aliphatic carbocycles. The fourth-order valence-corrected chi connectivity index (χ4v) is 5.58. The van der Waals surface area contributed by atoms with Crippen molar-refractivity contribution in [1.82, 2.24) is 5.43 Å². The topological polar surface area (TPSA) is 88.1 Å².